The van der Waals surface area contributed by atoms with Crippen molar-refractivity contribution in [1.82, 2.24) is 5.32 Å². The van der Waals surface area contributed by atoms with Gasteiger partial charge in [0.15, 0.2) is 11.5 Å². The Labute approximate surface area is 162 Å². The number of carbonyl (C=O) groups is 1. The van der Waals surface area contributed by atoms with Gasteiger partial charge in [0.2, 0.25) is 5.91 Å². The van der Waals surface area contributed by atoms with Crippen LogP contribution in [-0.2, 0) is 11.2 Å². The molecule has 0 aliphatic heterocycles. The summed E-state index contributed by atoms with van der Waals surface area (Å²) in [5.41, 5.74) is 4.70. The van der Waals surface area contributed by atoms with Gasteiger partial charge in [0, 0.05) is 6.42 Å². The van der Waals surface area contributed by atoms with Gasteiger partial charge >= 0.3 is 0 Å². The highest BCUT2D eigenvalue weighted by molar-refractivity contribution is 5.76. The largest absolute Gasteiger partial charge is 0.490 e. The van der Waals surface area contributed by atoms with E-state index in [2.05, 4.69) is 37.4 Å². The second-order valence-corrected chi connectivity index (χ2v) is 6.78. The number of benzene rings is 2. The van der Waals surface area contributed by atoms with Crippen molar-refractivity contribution < 1.29 is 14.3 Å². The normalized spacial score (nSPS) is 11.7. The maximum absolute atomic E-state index is 12.4. The number of rotatable bonds is 9. The Balaban J connectivity index is 1.94. The van der Waals surface area contributed by atoms with Crippen LogP contribution in [0.1, 0.15) is 55.5 Å². The molecule has 1 atom stereocenters. The van der Waals surface area contributed by atoms with Crippen LogP contribution in [-0.4, -0.2) is 19.1 Å². The molecule has 0 fully saturated rings. The van der Waals surface area contributed by atoms with E-state index in [9.17, 15) is 4.79 Å². The molecular formula is C23H31NO3. The molecule has 0 saturated heterocycles. The lowest BCUT2D eigenvalue weighted by atomic mass is 10.0. The van der Waals surface area contributed by atoms with Gasteiger partial charge in [-0.1, -0.05) is 24.3 Å². The lowest BCUT2D eigenvalue weighted by Gasteiger charge is -2.16. The van der Waals surface area contributed by atoms with Gasteiger partial charge in [0.25, 0.3) is 0 Å². The van der Waals surface area contributed by atoms with E-state index in [4.69, 9.17) is 9.47 Å². The first-order valence-corrected chi connectivity index (χ1v) is 9.69. The van der Waals surface area contributed by atoms with Gasteiger partial charge < -0.3 is 14.8 Å². The standard InChI is InChI=1S/C23H31NO3/c1-6-26-21-12-9-19(15-22(21)27-7-2)10-13-23(25)24-18(5)20-11-8-16(3)17(4)14-20/h8-9,11-12,14-15,18H,6-7,10,13H2,1-5H3,(H,24,25). The molecule has 0 bridgehead atoms. The van der Waals surface area contributed by atoms with Crippen molar-refractivity contribution >= 4 is 5.91 Å². The summed E-state index contributed by atoms with van der Waals surface area (Å²) in [4.78, 5) is 12.4. The molecule has 0 aromatic heterocycles. The molecule has 1 N–H and O–H groups in total. The van der Waals surface area contributed by atoms with Crippen LogP contribution >= 0.6 is 0 Å². The number of carbonyl (C=O) groups excluding carboxylic acids is 1. The Hall–Kier alpha value is -2.49. The summed E-state index contributed by atoms with van der Waals surface area (Å²) < 4.78 is 11.2. The predicted molar refractivity (Wildman–Crippen MR) is 110 cm³/mol. The molecule has 0 spiro atoms. The van der Waals surface area contributed by atoms with E-state index < -0.39 is 0 Å². The molecule has 2 aromatic carbocycles. The van der Waals surface area contributed by atoms with Gasteiger partial charge in [-0.2, -0.15) is 0 Å². The summed E-state index contributed by atoms with van der Waals surface area (Å²) in [5.74, 6) is 1.53. The maximum atomic E-state index is 12.4. The number of aryl methyl sites for hydroxylation is 3. The second-order valence-electron chi connectivity index (χ2n) is 6.78. The SMILES string of the molecule is CCOc1ccc(CCC(=O)NC(C)c2ccc(C)c(C)c2)cc1OCC. The average Bonchev–Trinajstić information content (AvgIpc) is 2.64. The molecule has 0 saturated carbocycles. The minimum absolute atomic E-state index is 0.00360. The van der Waals surface area contributed by atoms with Gasteiger partial charge in [-0.05, 0) is 75.4 Å². The Morgan fingerprint density at radius 1 is 0.963 bits per heavy atom. The summed E-state index contributed by atoms with van der Waals surface area (Å²) in [6, 6.07) is 12.2. The van der Waals surface area contributed by atoms with E-state index in [1.54, 1.807) is 0 Å². The predicted octanol–water partition coefficient (Wildman–Crippen LogP) is 4.91. The summed E-state index contributed by atoms with van der Waals surface area (Å²) in [6.45, 7) is 11.3. The van der Waals surface area contributed by atoms with E-state index in [0.717, 1.165) is 22.6 Å². The molecule has 146 valence electrons. The summed E-state index contributed by atoms with van der Waals surface area (Å²) in [7, 11) is 0. The van der Waals surface area contributed by atoms with Crippen LogP contribution in [0.3, 0.4) is 0 Å². The van der Waals surface area contributed by atoms with Crippen molar-refractivity contribution in [2.75, 3.05) is 13.2 Å². The van der Waals surface area contributed by atoms with Crippen LogP contribution < -0.4 is 14.8 Å². The highest BCUT2D eigenvalue weighted by Gasteiger charge is 2.12. The summed E-state index contributed by atoms with van der Waals surface area (Å²) >= 11 is 0. The molecule has 1 unspecified atom stereocenters. The zero-order chi connectivity index (χ0) is 19.8. The van der Waals surface area contributed by atoms with Crippen molar-refractivity contribution in [1.29, 1.82) is 0 Å². The Morgan fingerprint density at radius 3 is 2.33 bits per heavy atom. The lowest BCUT2D eigenvalue weighted by Crippen LogP contribution is -2.26. The monoisotopic (exact) mass is 369 g/mol. The smallest absolute Gasteiger partial charge is 0.220 e. The highest BCUT2D eigenvalue weighted by atomic mass is 16.5. The van der Waals surface area contributed by atoms with Crippen molar-refractivity contribution in [3.8, 4) is 11.5 Å². The zero-order valence-electron chi connectivity index (χ0n) is 17.1. The molecule has 0 radical (unpaired) electrons. The van der Waals surface area contributed by atoms with Crippen LogP contribution in [0.15, 0.2) is 36.4 Å². The quantitative estimate of drug-likeness (QED) is 0.683. The van der Waals surface area contributed by atoms with Crippen molar-refractivity contribution in [3.63, 3.8) is 0 Å². The number of nitrogens with one attached hydrogen (secondary N) is 1. The minimum Gasteiger partial charge on any atom is -0.490 e. The fourth-order valence-corrected chi connectivity index (χ4v) is 2.94. The molecule has 27 heavy (non-hydrogen) atoms. The third kappa shape index (κ3) is 6.02. The molecule has 4 nitrogen and oxygen atoms in total. The van der Waals surface area contributed by atoms with Gasteiger partial charge in [0.05, 0.1) is 19.3 Å². The minimum atomic E-state index is -0.00360. The van der Waals surface area contributed by atoms with Crippen LogP contribution in [0.2, 0.25) is 0 Å². The summed E-state index contributed by atoms with van der Waals surface area (Å²) in [6.07, 6.45) is 1.10. The third-order valence-corrected chi connectivity index (χ3v) is 4.66. The van der Waals surface area contributed by atoms with Crippen LogP contribution in [0, 0.1) is 13.8 Å². The van der Waals surface area contributed by atoms with E-state index in [1.807, 2.05) is 39.0 Å². The number of hydrogen-bond donors (Lipinski definition) is 1. The van der Waals surface area contributed by atoms with Crippen LogP contribution in [0.4, 0.5) is 0 Å². The Morgan fingerprint density at radius 2 is 1.67 bits per heavy atom. The van der Waals surface area contributed by atoms with Gasteiger partial charge in [0.1, 0.15) is 0 Å². The van der Waals surface area contributed by atoms with Crippen LogP contribution in [0.25, 0.3) is 0 Å². The zero-order valence-corrected chi connectivity index (χ0v) is 17.1. The third-order valence-electron chi connectivity index (χ3n) is 4.66. The summed E-state index contributed by atoms with van der Waals surface area (Å²) in [5, 5.41) is 3.09. The average molecular weight is 370 g/mol. The molecule has 0 heterocycles. The fraction of sp³-hybridized carbons (Fsp3) is 0.435. The van der Waals surface area contributed by atoms with Crippen molar-refractivity contribution in [2.24, 2.45) is 0 Å². The molecule has 4 heteroatoms. The van der Waals surface area contributed by atoms with Crippen molar-refractivity contribution in [2.45, 2.75) is 53.5 Å². The molecular weight excluding hydrogens is 338 g/mol. The Bertz CT molecular complexity index is 770. The van der Waals surface area contributed by atoms with E-state index in [0.29, 0.717) is 26.1 Å². The van der Waals surface area contributed by atoms with Crippen LogP contribution in [0.5, 0.6) is 11.5 Å². The van der Waals surface area contributed by atoms with E-state index in [1.165, 1.54) is 11.1 Å². The molecule has 1 amide bonds. The fourth-order valence-electron chi connectivity index (χ4n) is 2.94. The maximum Gasteiger partial charge on any atom is 0.220 e. The number of hydrogen-bond acceptors (Lipinski definition) is 3. The second kappa shape index (κ2) is 10.0. The molecule has 0 aliphatic carbocycles. The topological polar surface area (TPSA) is 47.6 Å². The molecule has 2 aromatic rings. The molecule has 2 rings (SSSR count). The van der Waals surface area contributed by atoms with E-state index in [-0.39, 0.29) is 11.9 Å². The Kier molecular flexibility index (Phi) is 7.71. The van der Waals surface area contributed by atoms with Crippen molar-refractivity contribution in [3.05, 3.63) is 58.7 Å². The van der Waals surface area contributed by atoms with E-state index >= 15 is 0 Å². The highest BCUT2D eigenvalue weighted by Crippen LogP contribution is 2.29. The molecule has 0 aliphatic rings. The number of ether oxygens (including phenoxy) is 2. The van der Waals surface area contributed by atoms with Gasteiger partial charge in [-0.25, -0.2) is 0 Å². The van der Waals surface area contributed by atoms with Gasteiger partial charge in [-0.15, -0.1) is 0 Å². The lowest BCUT2D eigenvalue weighted by molar-refractivity contribution is -0.121. The first-order valence-electron chi connectivity index (χ1n) is 9.69. The number of amides is 1. The first kappa shape index (κ1) is 20.8. The van der Waals surface area contributed by atoms with Gasteiger partial charge in [-0.3, -0.25) is 4.79 Å². The first-order chi connectivity index (χ1) is 12.9.